The highest BCUT2D eigenvalue weighted by molar-refractivity contribution is 6.16. The molecule has 1 heterocycles. The Kier molecular flexibility index (Phi) is 2.27. The topological polar surface area (TPSA) is 29.4 Å². The second-order valence-electron chi connectivity index (χ2n) is 4.12. The SMILES string of the molecule is CC1(C)N=C(c2ccccc2)C=CC1=O. The molecule has 0 bridgehead atoms. The monoisotopic (exact) mass is 199 g/mol. The summed E-state index contributed by atoms with van der Waals surface area (Å²) in [4.78, 5) is 15.9. The molecule has 0 saturated heterocycles. The highest BCUT2D eigenvalue weighted by Crippen LogP contribution is 2.18. The lowest BCUT2D eigenvalue weighted by Gasteiger charge is -2.21. The zero-order valence-electron chi connectivity index (χ0n) is 8.90. The Bertz CT molecular complexity index is 441. The Labute approximate surface area is 89.3 Å². The van der Waals surface area contributed by atoms with Crippen molar-refractivity contribution in [1.82, 2.24) is 0 Å². The predicted octanol–water partition coefficient (Wildman–Crippen LogP) is 2.39. The summed E-state index contributed by atoms with van der Waals surface area (Å²) in [6.07, 6.45) is 3.39. The van der Waals surface area contributed by atoms with Crippen molar-refractivity contribution in [1.29, 1.82) is 0 Å². The van der Waals surface area contributed by atoms with E-state index in [1.54, 1.807) is 12.2 Å². The Morgan fingerprint density at radius 3 is 2.33 bits per heavy atom. The molecule has 1 aromatic carbocycles. The molecule has 0 amide bonds. The molecule has 1 aliphatic rings. The number of allylic oxidation sites excluding steroid dienone is 1. The van der Waals surface area contributed by atoms with Gasteiger partial charge in [-0.05, 0) is 31.6 Å². The Balaban J connectivity index is 2.41. The normalized spacial score (nSPS) is 18.8. The molecule has 0 aromatic heterocycles. The minimum Gasteiger partial charge on any atom is -0.292 e. The third kappa shape index (κ3) is 1.89. The van der Waals surface area contributed by atoms with E-state index < -0.39 is 5.54 Å². The zero-order chi connectivity index (χ0) is 10.9. The van der Waals surface area contributed by atoms with Crippen molar-refractivity contribution in [3.8, 4) is 0 Å². The van der Waals surface area contributed by atoms with Gasteiger partial charge in [0.2, 0.25) is 0 Å². The van der Waals surface area contributed by atoms with Gasteiger partial charge in [0, 0.05) is 0 Å². The first-order chi connectivity index (χ1) is 7.09. The minimum absolute atomic E-state index is 0.0576. The van der Waals surface area contributed by atoms with Crippen LogP contribution in [0.1, 0.15) is 19.4 Å². The average Bonchev–Trinajstić information content (AvgIpc) is 2.23. The van der Waals surface area contributed by atoms with Crippen LogP contribution in [0.4, 0.5) is 0 Å². The van der Waals surface area contributed by atoms with E-state index in [1.165, 1.54) is 0 Å². The molecule has 0 aliphatic carbocycles. The van der Waals surface area contributed by atoms with Crippen molar-refractivity contribution in [3.63, 3.8) is 0 Å². The van der Waals surface area contributed by atoms with Crippen molar-refractivity contribution >= 4 is 11.5 Å². The number of hydrogen-bond donors (Lipinski definition) is 0. The quantitative estimate of drug-likeness (QED) is 0.682. The van der Waals surface area contributed by atoms with Gasteiger partial charge in [0.25, 0.3) is 0 Å². The summed E-state index contributed by atoms with van der Waals surface area (Å²) >= 11 is 0. The second-order valence-corrected chi connectivity index (χ2v) is 4.12. The van der Waals surface area contributed by atoms with E-state index in [0.717, 1.165) is 11.3 Å². The van der Waals surface area contributed by atoms with E-state index in [4.69, 9.17) is 0 Å². The molecule has 15 heavy (non-hydrogen) atoms. The van der Waals surface area contributed by atoms with Crippen LogP contribution in [0.25, 0.3) is 0 Å². The number of ketones is 1. The second kappa shape index (κ2) is 3.46. The molecule has 2 rings (SSSR count). The largest absolute Gasteiger partial charge is 0.292 e. The number of carbonyl (C=O) groups excluding carboxylic acids is 1. The zero-order valence-corrected chi connectivity index (χ0v) is 8.90. The van der Waals surface area contributed by atoms with E-state index in [-0.39, 0.29) is 5.78 Å². The molecule has 0 fully saturated rings. The molecule has 2 nitrogen and oxygen atoms in total. The van der Waals surface area contributed by atoms with Crippen molar-refractivity contribution < 1.29 is 4.79 Å². The standard InChI is InChI=1S/C13H13NO/c1-13(2)12(15)9-8-11(14-13)10-6-4-3-5-7-10/h3-9H,1-2H3. The smallest absolute Gasteiger partial charge is 0.182 e. The molecule has 1 aliphatic heterocycles. The van der Waals surface area contributed by atoms with Crippen LogP contribution in [-0.2, 0) is 4.79 Å². The van der Waals surface area contributed by atoms with Crippen molar-refractivity contribution in [2.24, 2.45) is 4.99 Å². The van der Waals surface area contributed by atoms with Crippen LogP contribution in [0.2, 0.25) is 0 Å². The average molecular weight is 199 g/mol. The van der Waals surface area contributed by atoms with Crippen LogP contribution >= 0.6 is 0 Å². The van der Waals surface area contributed by atoms with Gasteiger partial charge in [-0.2, -0.15) is 0 Å². The Morgan fingerprint density at radius 2 is 1.73 bits per heavy atom. The van der Waals surface area contributed by atoms with Gasteiger partial charge in [0.15, 0.2) is 5.78 Å². The van der Waals surface area contributed by atoms with Crippen LogP contribution in [0.15, 0.2) is 47.5 Å². The molecule has 1 aromatic rings. The summed E-state index contributed by atoms with van der Waals surface area (Å²) in [5.74, 6) is 0.0576. The first kappa shape index (κ1) is 9.84. The van der Waals surface area contributed by atoms with Gasteiger partial charge in [0.1, 0.15) is 5.54 Å². The number of benzene rings is 1. The minimum atomic E-state index is -0.625. The van der Waals surface area contributed by atoms with Gasteiger partial charge in [0.05, 0.1) is 5.71 Å². The summed E-state index contributed by atoms with van der Waals surface area (Å²) < 4.78 is 0. The molecule has 2 heteroatoms. The lowest BCUT2D eigenvalue weighted by Crippen LogP contribution is -2.32. The van der Waals surface area contributed by atoms with Crippen LogP contribution in [0.3, 0.4) is 0 Å². The van der Waals surface area contributed by atoms with E-state index in [9.17, 15) is 4.79 Å². The summed E-state index contributed by atoms with van der Waals surface area (Å²) in [5, 5.41) is 0. The molecular formula is C13H13NO. The third-order valence-corrected chi connectivity index (χ3v) is 2.47. The third-order valence-electron chi connectivity index (χ3n) is 2.47. The lowest BCUT2D eigenvalue weighted by atomic mass is 9.94. The first-order valence-electron chi connectivity index (χ1n) is 4.97. The number of nitrogens with zero attached hydrogens (tertiary/aromatic N) is 1. The van der Waals surface area contributed by atoms with Gasteiger partial charge in [-0.1, -0.05) is 30.3 Å². The van der Waals surface area contributed by atoms with Crippen LogP contribution in [0.5, 0.6) is 0 Å². The van der Waals surface area contributed by atoms with Gasteiger partial charge < -0.3 is 0 Å². The number of rotatable bonds is 1. The van der Waals surface area contributed by atoms with Crippen LogP contribution < -0.4 is 0 Å². The molecule has 0 spiro atoms. The summed E-state index contributed by atoms with van der Waals surface area (Å²) in [6, 6.07) is 9.89. The number of carbonyl (C=O) groups is 1. The fourth-order valence-electron chi connectivity index (χ4n) is 1.52. The van der Waals surface area contributed by atoms with Gasteiger partial charge in [-0.25, -0.2) is 0 Å². The van der Waals surface area contributed by atoms with E-state index in [0.29, 0.717) is 0 Å². The maximum Gasteiger partial charge on any atom is 0.182 e. The summed E-state index contributed by atoms with van der Waals surface area (Å²) in [6.45, 7) is 3.67. The Morgan fingerprint density at radius 1 is 1.07 bits per heavy atom. The summed E-state index contributed by atoms with van der Waals surface area (Å²) in [5.41, 5.74) is 1.30. The molecule has 0 unspecified atom stereocenters. The van der Waals surface area contributed by atoms with Crippen molar-refractivity contribution in [2.45, 2.75) is 19.4 Å². The number of hydrogen-bond acceptors (Lipinski definition) is 2. The van der Waals surface area contributed by atoms with E-state index in [1.807, 2.05) is 44.2 Å². The fraction of sp³-hybridized carbons (Fsp3) is 0.231. The van der Waals surface area contributed by atoms with E-state index in [2.05, 4.69) is 4.99 Å². The number of dihydropyridines is 1. The maximum absolute atomic E-state index is 11.5. The van der Waals surface area contributed by atoms with Crippen LogP contribution in [-0.4, -0.2) is 17.0 Å². The van der Waals surface area contributed by atoms with Crippen molar-refractivity contribution in [2.75, 3.05) is 0 Å². The molecule has 0 N–H and O–H groups in total. The van der Waals surface area contributed by atoms with Crippen molar-refractivity contribution in [3.05, 3.63) is 48.0 Å². The molecule has 0 radical (unpaired) electrons. The lowest BCUT2D eigenvalue weighted by molar-refractivity contribution is -0.118. The van der Waals surface area contributed by atoms with Crippen LogP contribution in [0, 0.1) is 0 Å². The Hall–Kier alpha value is -1.70. The highest BCUT2D eigenvalue weighted by atomic mass is 16.1. The molecular weight excluding hydrogens is 186 g/mol. The molecule has 76 valence electrons. The van der Waals surface area contributed by atoms with Gasteiger partial charge in [-0.3, -0.25) is 9.79 Å². The highest BCUT2D eigenvalue weighted by Gasteiger charge is 2.27. The summed E-state index contributed by atoms with van der Waals surface area (Å²) in [7, 11) is 0. The van der Waals surface area contributed by atoms with E-state index >= 15 is 0 Å². The fourth-order valence-corrected chi connectivity index (χ4v) is 1.52. The maximum atomic E-state index is 11.5. The molecule has 0 atom stereocenters. The van der Waals surface area contributed by atoms with Gasteiger partial charge in [-0.15, -0.1) is 0 Å². The first-order valence-corrected chi connectivity index (χ1v) is 4.97. The van der Waals surface area contributed by atoms with Gasteiger partial charge >= 0.3 is 0 Å². The predicted molar refractivity (Wildman–Crippen MR) is 61.2 cm³/mol. The number of aliphatic imine (C=N–C) groups is 1. The molecule has 0 saturated carbocycles.